The number of carbonyl (C=O) groups excluding carboxylic acids is 1. The summed E-state index contributed by atoms with van der Waals surface area (Å²) in [7, 11) is -3.99. The normalized spacial score (nSPS) is 11.2. The lowest BCUT2D eigenvalue weighted by Crippen LogP contribution is -2.18. The second-order valence-corrected chi connectivity index (χ2v) is 6.06. The van der Waals surface area contributed by atoms with Crippen molar-refractivity contribution in [2.45, 2.75) is 4.90 Å². The Hall–Kier alpha value is -1.96. The minimum atomic E-state index is -3.99. The van der Waals surface area contributed by atoms with Crippen LogP contribution in [0.1, 0.15) is 10.4 Å². The average molecular weight is 329 g/mol. The van der Waals surface area contributed by atoms with Crippen LogP contribution in [0.5, 0.6) is 0 Å². The van der Waals surface area contributed by atoms with Crippen LogP contribution in [0, 0.1) is 5.82 Å². The van der Waals surface area contributed by atoms with Crippen molar-refractivity contribution < 1.29 is 17.6 Å². The predicted octanol–water partition coefficient (Wildman–Crippen LogP) is 2.38. The Morgan fingerprint density at radius 2 is 1.86 bits per heavy atom. The molecule has 0 aromatic heterocycles. The molecule has 0 heterocycles. The lowest BCUT2D eigenvalue weighted by Gasteiger charge is -2.09. The Morgan fingerprint density at radius 3 is 2.48 bits per heavy atom. The average Bonchev–Trinajstić information content (AvgIpc) is 2.41. The fraction of sp³-hybridized carbons (Fsp3) is 0. The lowest BCUT2D eigenvalue weighted by molar-refractivity contribution is 0.102. The summed E-state index contributed by atoms with van der Waals surface area (Å²) in [6.07, 6.45) is 0. The Balaban J connectivity index is 2.34. The molecule has 5 nitrogen and oxygen atoms in total. The first-order chi connectivity index (χ1) is 9.79. The molecular formula is C13H10ClFN2O3S. The molecule has 0 saturated carbocycles. The summed E-state index contributed by atoms with van der Waals surface area (Å²) < 4.78 is 36.2. The van der Waals surface area contributed by atoms with E-state index in [2.05, 4.69) is 5.32 Å². The molecule has 2 aromatic rings. The molecule has 2 aromatic carbocycles. The fourth-order valence-electron chi connectivity index (χ4n) is 1.65. The van der Waals surface area contributed by atoms with Crippen LogP contribution < -0.4 is 10.5 Å². The second-order valence-electron chi connectivity index (χ2n) is 4.12. The minimum absolute atomic E-state index is 0.00104. The van der Waals surface area contributed by atoms with Gasteiger partial charge >= 0.3 is 0 Å². The van der Waals surface area contributed by atoms with Crippen LogP contribution in [0.4, 0.5) is 10.1 Å². The third-order valence-corrected chi connectivity index (χ3v) is 3.90. The van der Waals surface area contributed by atoms with Gasteiger partial charge in [-0.2, -0.15) is 0 Å². The van der Waals surface area contributed by atoms with Gasteiger partial charge in [-0.3, -0.25) is 4.79 Å². The molecule has 0 aliphatic rings. The first-order valence-electron chi connectivity index (χ1n) is 5.67. The van der Waals surface area contributed by atoms with Crippen molar-refractivity contribution in [2.75, 3.05) is 5.32 Å². The molecule has 0 aliphatic carbocycles. The molecule has 0 saturated heterocycles. The van der Waals surface area contributed by atoms with Gasteiger partial charge in [0.25, 0.3) is 5.91 Å². The third kappa shape index (κ3) is 3.57. The Bertz CT molecular complexity index is 809. The summed E-state index contributed by atoms with van der Waals surface area (Å²) in [5.41, 5.74) is 0.0153. The molecule has 3 N–H and O–H groups in total. The van der Waals surface area contributed by atoms with Gasteiger partial charge in [-0.25, -0.2) is 17.9 Å². The molecule has 0 fully saturated rings. The van der Waals surface area contributed by atoms with Gasteiger partial charge in [0.05, 0.1) is 10.7 Å². The van der Waals surface area contributed by atoms with Crippen LogP contribution in [-0.2, 0) is 10.0 Å². The van der Waals surface area contributed by atoms with Gasteiger partial charge in [-0.15, -0.1) is 0 Å². The van der Waals surface area contributed by atoms with Crippen LogP contribution in [0.2, 0.25) is 5.02 Å². The highest BCUT2D eigenvalue weighted by Gasteiger charge is 2.16. The Morgan fingerprint density at radius 1 is 1.19 bits per heavy atom. The fourth-order valence-corrected chi connectivity index (χ4v) is 2.46. The van der Waals surface area contributed by atoms with Crippen LogP contribution in [0.25, 0.3) is 0 Å². The number of amides is 1. The van der Waals surface area contributed by atoms with Gasteiger partial charge in [-0.05, 0) is 30.3 Å². The molecule has 21 heavy (non-hydrogen) atoms. The molecule has 0 bridgehead atoms. The summed E-state index contributed by atoms with van der Waals surface area (Å²) in [4.78, 5) is 11.8. The van der Waals surface area contributed by atoms with Crippen molar-refractivity contribution in [1.82, 2.24) is 0 Å². The van der Waals surface area contributed by atoms with Gasteiger partial charge < -0.3 is 5.32 Å². The van der Waals surface area contributed by atoms with Crippen molar-refractivity contribution in [3.05, 3.63) is 58.9 Å². The van der Waals surface area contributed by atoms with Crippen molar-refractivity contribution in [1.29, 1.82) is 0 Å². The summed E-state index contributed by atoms with van der Waals surface area (Å²) in [5.74, 6) is -1.43. The maximum Gasteiger partial charge on any atom is 0.255 e. The van der Waals surface area contributed by atoms with Crippen LogP contribution in [0.15, 0.2) is 47.4 Å². The Kier molecular flexibility index (Phi) is 4.26. The van der Waals surface area contributed by atoms with Gasteiger partial charge in [0, 0.05) is 5.56 Å². The number of sulfonamides is 1. The zero-order chi connectivity index (χ0) is 15.6. The van der Waals surface area contributed by atoms with E-state index in [-0.39, 0.29) is 21.2 Å². The lowest BCUT2D eigenvalue weighted by atomic mass is 10.2. The van der Waals surface area contributed by atoms with E-state index in [1.54, 1.807) is 0 Å². The van der Waals surface area contributed by atoms with E-state index in [1.165, 1.54) is 36.4 Å². The molecule has 0 atom stereocenters. The highest BCUT2D eigenvalue weighted by molar-refractivity contribution is 7.89. The van der Waals surface area contributed by atoms with Crippen molar-refractivity contribution >= 4 is 33.2 Å². The zero-order valence-electron chi connectivity index (χ0n) is 10.5. The topological polar surface area (TPSA) is 89.3 Å². The molecule has 0 spiro atoms. The zero-order valence-corrected chi connectivity index (χ0v) is 12.1. The SMILES string of the molecule is NS(=O)(=O)c1ccccc1NC(=O)c1ccc(Cl)c(F)c1. The summed E-state index contributed by atoms with van der Waals surface area (Å²) >= 11 is 5.53. The van der Waals surface area contributed by atoms with E-state index in [4.69, 9.17) is 16.7 Å². The van der Waals surface area contributed by atoms with Gasteiger partial charge in [-0.1, -0.05) is 23.7 Å². The predicted molar refractivity (Wildman–Crippen MR) is 77.2 cm³/mol. The number of benzene rings is 2. The van der Waals surface area contributed by atoms with E-state index >= 15 is 0 Å². The van der Waals surface area contributed by atoms with E-state index in [1.807, 2.05) is 0 Å². The largest absolute Gasteiger partial charge is 0.321 e. The molecule has 110 valence electrons. The second kappa shape index (κ2) is 5.80. The number of carbonyl (C=O) groups is 1. The number of nitrogens with two attached hydrogens (primary N) is 1. The maximum absolute atomic E-state index is 13.3. The van der Waals surface area contributed by atoms with Crippen molar-refractivity contribution in [3.8, 4) is 0 Å². The van der Waals surface area contributed by atoms with Crippen molar-refractivity contribution in [3.63, 3.8) is 0 Å². The minimum Gasteiger partial charge on any atom is -0.321 e. The van der Waals surface area contributed by atoms with Crippen LogP contribution >= 0.6 is 11.6 Å². The molecule has 8 heteroatoms. The van der Waals surface area contributed by atoms with E-state index in [9.17, 15) is 17.6 Å². The number of nitrogens with one attached hydrogen (secondary N) is 1. The summed E-state index contributed by atoms with van der Waals surface area (Å²) in [6, 6.07) is 9.15. The van der Waals surface area contributed by atoms with Crippen LogP contribution in [0.3, 0.4) is 0 Å². The quantitative estimate of drug-likeness (QED) is 0.906. The molecule has 2 rings (SSSR count). The molecule has 0 aliphatic heterocycles. The van der Waals surface area contributed by atoms with Crippen LogP contribution in [-0.4, -0.2) is 14.3 Å². The molecule has 0 unspecified atom stereocenters. The number of primary sulfonamides is 1. The third-order valence-electron chi connectivity index (χ3n) is 2.62. The standard InChI is InChI=1S/C13H10ClFN2O3S/c14-9-6-5-8(7-10(9)15)13(18)17-11-3-1-2-4-12(11)21(16,19)20/h1-7H,(H,17,18)(H2,16,19,20). The molecular weight excluding hydrogens is 319 g/mol. The van der Waals surface area contributed by atoms with E-state index in [0.717, 1.165) is 6.07 Å². The smallest absolute Gasteiger partial charge is 0.255 e. The monoisotopic (exact) mass is 328 g/mol. The van der Waals surface area contributed by atoms with Gasteiger partial charge in [0.15, 0.2) is 0 Å². The number of anilines is 1. The van der Waals surface area contributed by atoms with E-state index < -0.39 is 21.7 Å². The maximum atomic E-state index is 13.3. The highest BCUT2D eigenvalue weighted by Crippen LogP contribution is 2.21. The molecule has 1 amide bonds. The number of hydrogen-bond donors (Lipinski definition) is 2. The van der Waals surface area contributed by atoms with E-state index in [0.29, 0.717) is 0 Å². The first-order valence-corrected chi connectivity index (χ1v) is 7.59. The van der Waals surface area contributed by atoms with Gasteiger partial charge in [0.2, 0.25) is 10.0 Å². The molecule has 0 radical (unpaired) electrons. The number of para-hydroxylation sites is 1. The summed E-state index contributed by atoms with van der Waals surface area (Å²) in [5, 5.41) is 7.32. The Labute approximate surface area is 125 Å². The number of rotatable bonds is 3. The van der Waals surface area contributed by atoms with Crippen molar-refractivity contribution in [2.24, 2.45) is 5.14 Å². The highest BCUT2D eigenvalue weighted by atomic mass is 35.5. The number of halogens is 2. The number of hydrogen-bond acceptors (Lipinski definition) is 3. The van der Waals surface area contributed by atoms with Gasteiger partial charge in [0.1, 0.15) is 10.7 Å². The first kappa shape index (κ1) is 15.4. The summed E-state index contributed by atoms with van der Waals surface area (Å²) in [6.45, 7) is 0.